The third-order valence-corrected chi connectivity index (χ3v) is 4.26. The summed E-state index contributed by atoms with van der Waals surface area (Å²) >= 11 is 0. The molecule has 5 heteroatoms. The van der Waals surface area contributed by atoms with E-state index in [4.69, 9.17) is 0 Å². The lowest BCUT2D eigenvalue weighted by molar-refractivity contribution is -0.138. The highest BCUT2D eigenvalue weighted by molar-refractivity contribution is 5.52. The Labute approximate surface area is 140 Å². The predicted octanol–water partition coefficient (Wildman–Crippen LogP) is 4.59. The summed E-state index contributed by atoms with van der Waals surface area (Å²) in [5.74, 6) is 0. The Morgan fingerprint density at radius 3 is 2.42 bits per heavy atom. The Bertz CT molecular complexity index is 679. The van der Waals surface area contributed by atoms with Gasteiger partial charge in [0.25, 0.3) is 0 Å². The second-order valence-electron chi connectivity index (χ2n) is 6.34. The highest BCUT2D eigenvalue weighted by atomic mass is 19.4. The van der Waals surface area contributed by atoms with Crippen LogP contribution in [0.3, 0.4) is 0 Å². The molecule has 0 radical (unpaired) electrons. The SMILES string of the molecule is CN(Cc1ccccc1)c1ccc(CNC2CC2)c(C(F)(F)F)c1. The molecule has 2 aromatic carbocycles. The summed E-state index contributed by atoms with van der Waals surface area (Å²) in [4.78, 5) is 1.84. The van der Waals surface area contributed by atoms with Gasteiger partial charge in [0.05, 0.1) is 5.56 Å². The molecule has 24 heavy (non-hydrogen) atoms. The van der Waals surface area contributed by atoms with Crippen LogP contribution < -0.4 is 10.2 Å². The van der Waals surface area contributed by atoms with Gasteiger partial charge in [-0.1, -0.05) is 36.4 Å². The van der Waals surface area contributed by atoms with Crippen LogP contribution in [0, 0.1) is 0 Å². The second kappa shape index (κ2) is 6.85. The fourth-order valence-corrected chi connectivity index (χ4v) is 2.71. The van der Waals surface area contributed by atoms with Crippen LogP contribution >= 0.6 is 0 Å². The number of alkyl halides is 3. The van der Waals surface area contributed by atoms with Crippen LogP contribution in [-0.4, -0.2) is 13.1 Å². The van der Waals surface area contributed by atoms with Crippen molar-refractivity contribution in [2.24, 2.45) is 0 Å². The molecule has 1 fully saturated rings. The molecule has 0 saturated heterocycles. The van der Waals surface area contributed by atoms with Gasteiger partial charge in [0.2, 0.25) is 0 Å². The molecule has 0 amide bonds. The molecule has 2 aromatic rings. The van der Waals surface area contributed by atoms with Gasteiger partial charge in [-0.2, -0.15) is 13.2 Å². The third kappa shape index (κ3) is 4.29. The van der Waals surface area contributed by atoms with Gasteiger partial charge in [0, 0.05) is 31.9 Å². The number of anilines is 1. The van der Waals surface area contributed by atoms with Crippen LogP contribution in [0.1, 0.15) is 29.5 Å². The Kier molecular flexibility index (Phi) is 4.81. The van der Waals surface area contributed by atoms with Gasteiger partial charge >= 0.3 is 6.18 Å². The fourth-order valence-electron chi connectivity index (χ4n) is 2.71. The normalized spacial score (nSPS) is 14.7. The van der Waals surface area contributed by atoms with Gasteiger partial charge in [-0.25, -0.2) is 0 Å². The molecule has 0 bridgehead atoms. The maximum Gasteiger partial charge on any atom is 0.416 e. The molecule has 0 atom stereocenters. The van der Waals surface area contributed by atoms with Crippen molar-refractivity contribution in [1.29, 1.82) is 0 Å². The number of rotatable bonds is 6. The lowest BCUT2D eigenvalue weighted by Gasteiger charge is -2.22. The zero-order valence-corrected chi connectivity index (χ0v) is 13.6. The molecular formula is C19H21F3N2. The summed E-state index contributed by atoms with van der Waals surface area (Å²) in [6.07, 6.45) is -2.23. The van der Waals surface area contributed by atoms with Gasteiger partial charge in [0.15, 0.2) is 0 Å². The predicted molar refractivity (Wildman–Crippen MR) is 89.9 cm³/mol. The first kappa shape index (κ1) is 16.8. The van der Waals surface area contributed by atoms with E-state index in [-0.39, 0.29) is 6.54 Å². The second-order valence-corrected chi connectivity index (χ2v) is 6.34. The maximum atomic E-state index is 13.4. The van der Waals surface area contributed by atoms with Crippen LogP contribution in [-0.2, 0) is 19.3 Å². The van der Waals surface area contributed by atoms with E-state index in [2.05, 4.69) is 5.32 Å². The molecule has 128 valence electrons. The smallest absolute Gasteiger partial charge is 0.370 e. The molecule has 3 rings (SSSR count). The lowest BCUT2D eigenvalue weighted by atomic mass is 10.0. The zero-order chi connectivity index (χ0) is 17.2. The van der Waals surface area contributed by atoms with Crippen molar-refractivity contribution in [3.63, 3.8) is 0 Å². The van der Waals surface area contributed by atoms with Crippen molar-refractivity contribution < 1.29 is 13.2 Å². The van der Waals surface area contributed by atoms with Crippen molar-refractivity contribution in [3.05, 3.63) is 65.2 Å². The Morgan fingerprint density at radius 2 is 1.79 bits per heavy atom. The van der Waals surface area contributed by atoms with E-state index in [0.29, 0.717) is 23.8 Å². The zero-order valence-electron chi connectivity index (χ0n) is 13.6. The third-order valence-electron chi connectivity index (χ3n) is 4.26. The molecule has 1 N–H and O–H groups in total. The summed E-state index contributed by atoms with van der Waals surface area (Å²) in [6, 6.07) is 14.7. The summed E-state index contributed by atoms with van der Waals surface area (Å²) in [5, 5.41) is 3.16. The van der Waals surface area contributed by atoms with Crippen LogP contribution in [0.15, 0.2) is 48.5 Å². The quantitative estimate of drug-likeness (QED) is 0.831. The van der Waals surface area contributed by atoms with E-state index >= 15 is 0 Å². The van der Waals surface area contributed by atoms with E-state index in [9.17, 15) is 13.2 Å². The number of benzene rings is 2. The Balaban J connectivity index is 1.80. The average Bonchev–Trinajstić information content (AvgIpc) is 3.37. The molecule has 0 heterocycles. The van der Waals surface area contributed by atoms with Crippen LogP contribution in [0.5, 0.6) is 0 Å². The minimum absolute atomic E-state index is 0.266. The molecule has 0 aromatic heterocycles. The van der Waals surface area contributed by atoms with Crippen LogP contribution in [0.2, 0.25) is 0 Å². The summed E-state index contributed by atoms with van der Waals surface area (Å²) in [5.41, 5.74) is 1.40. The van der Waals surface area contributed by atoms with Crippen LogP contribution in [0.25, 0.3) is 0 Å². The van der Waals surface area contributed by atoms with Gasteiger partial charge < -0.3 is 10.2 Å². The van der Waals surface area contributed by atoms with E-state index in [0.717, 1.165) is 18.4 Å². The van der Waals surface area contributed by atoms with Crippen molar-refractivity contribution in [2.45, 2.75) is 38.1 Å². The molecule has 0 spiro atoms. The lowest BCUT2D eigenvalue weighted by Crippen LogP contribution is -2.21. The topological polar surface area (TPSA) is 15.3 Å². The monoisotopic (exact) mass is 334 g/mol. The van der Waals surface area contributed by atoms with E-state index < -0.39 is 11.7 Å². The first-order valence-electron chi connectivity index (χ1n) is 8.12. The number of hydrogen-bond donors (Lipinski definition) is 1. The molecular weight excluding hydrogens is 313 g/mol. The summed E-state index contributed by atoms with van der Waals surface area (Å²) in [6.45, 7) is 0.833. The van der Waals surface area contributed by atoms with Gasteiger partial charge in [-0.3, -0.25) is 0 Å². The number of nitrogens with zero attached hydrogens (tertiary/aromatic N) is 1. The Morgan fingerprint density at radius 1 is 1.08 bits per heavy atom. The van der Waals surface area contributed by atoms with Gasteiger partial charge in [0.1, 0.15) is 0 Å². The molecule has 2 nitrogen and oxygen atoms in total. The molecule has 1 aliphatic rings. The highest BCUT2D eigenvalue weighted by Crippen LogP contribution is 2.35. The maximum absolute atomic E-state index is 13.4. The largest absolute Gasteiger partial charge is 0.416 e. The number of halogens is 3. The van der Waals surface area contributed by atoms with Crippen molar-refractivity contribution in [3.8, 4) is 0 Å². The van der Waals surface area contributed by atoms with Crippen molar-refractivity contribution >= 4 is 5.69 Å². The Hall–Kier alpha value is -2.01. The fraction of sp³-hybridized carbons (Fsp3) is 0.368. The summed E-state index contributed by atoms with van der Waals surface area (Å²) in [7, 11) is 1.81. The average molecular weight is 334 g/mol. The van der Waals surface area contributed by atoms with Crippen molar-refractivity contribution in [1.82, 2.24) is 5.32 Å². The van der Waals surface area contributed by atoms with Gasteiger partial charge in [-0.15, -0.1) is 0 Å². The molecule has 1 aliphatic carbocycles. The minimum atomic E-state index is -4.34. The molecule has 1 saturated carbocycles. The number of nitrogens with one attached hydrogen (secondary N) is 1. The van der Waals surface area contributed by atoms with E-state index in [1.54, 1.807) is 12.1 Å². The van der Waals surface area contributed by atoms with Crippen LogP contribution in [0.4, 0.5) is 18.9 Å². The molecule has 0 unspecified atom stereocenters. The summed E-state index contributed by atoms with van der Waals surface area (Å²) < 4.78 is 40.2. The van der Waals surface area contributed by atoms with Gasteiger partial charge in [-0.05, 0) is 36.1 Å². The van der Waals surface area contributed by atoms with E-state index in [1.165, 1.54) is 6.07 Å². The molecule has 0 aliphatic heterocycles. The van der Waals surface area contributed by atoms with E-state index in [1.807, 2.05) is 42.3 Å². The standard InChI is InChI=1S/C19H21F3N2/c1-24(13-14-5-3-2-4-6-14)17-10-7-15(12-23-16-8-9-16)18(11-17)19(20,21)22/h2-7,10-11,16,23H,8-9,12-13H2,1H3. The number of hydrogen-bond acceptors (Lipinski definition) is 2. The van der Waals surface area contributed by atoms with Crippen molar-refractivity contribution in [2.75, 3.05) is 11.9 Å². The highest BCUT2D eigenvalue weighted by Gasteiger charge is 2.34. The minimum Gasteiger partial charge on any atom is -0.370 e. The first-order valence-corrected chi connectivity index (χ1v) is 8.12. The first-order chi connectivity index (χ1) is 11.4.